The van der Waals surface area contributed by atoms with Crippen molar-refractivity contribution >= 4 is 0 Å². The topological polar surface area (TPSA) is 32.3 Å². The molecule has 1 aromatic carbocycles. The fraction of sp³-hybridized carbons (Fsp3) is 0.571. The number of hydrogen-bond acceptors (Lipinski definition) is 2. The zero-order valence-corrected chi connectivity index (χ0v) is 10.4. The van der Waals surface area contributed by atoms with Gasteiger partial charge in [0.15, 0.2) is 0 Å². The highest BCUT2D eigenvalue weighted by Crippen LogP contribution is 2.11. The van der Waals surface area contributed by atoms with Crippen LogP contribution < -0.4 is 5.32 Å². The number of aromatic hydroxyl groups is 1. The highest BCUT2D eigenvalue weighted by molar-refractivity contribution is 5.26. The molecule has 1 unspecified atom stereocenters. The molecule has 1 aromatic rings. The van der Waals surface area contributed by atoms with Crippen molar-refractivity contribution in [2.75, 3.05) is 6.54 Å². The highest BCUT2D eigenvalue weighted by Gasteiger charge is 2.02. The van der Waals surface area contributed by atoms with Gasteiger partial charge in [-0.15, -0.1) is 0 Å². The van der Waals surface area contributed by atoms with Crippen LogP contribution in [-0.4, -0.2) is 17.7 Å². The molecule has 0 bridgehead atoms. The molecular formula is C14H23NO. The molecule has 1 atom stereocenters. The summed E-state index contributed by atoms with van der Waals surface area (Å²) in [5, 5.41) is 12.7. The van der Waals surface area contributed by atoms with Crippen LogP contribution in [0.25, 0.3) is 0 Å². The van der Waals surface area contributed by atoms with Gasteiger partial charge in [-0.1, -0.05) is 31.9 Å². The molecule has 0 radical (unpaired) electrons. The molecule has 0 aliphatic rings. The summed E-state index contributed by atoms with van der Waals surface area (Å²) < 4.78 is 0. The molecule has 0 saturated heterocycles. The van der Waals surface area contributed by atoms with E-state index in [1.54, 1.807) is 12.1 Å². The molecular weight excluding hydrogens is 198 g/mol. The van der Waals surface area contributed by atoms with E-state index >= 15 is 0 Å². The maximum Gasteiger partial charge on any atom is 0.115 e. The first-order valence-electron chi connectivity index (χ1n) is 6.23. The lowest BCUT2D eigenvalue weighted by atomic mass is 10.1. The third-order valence-corrected chi connectivity index (χ3v) is 2.75. The van der Waals surface area contributed by atoms with Gasteiger partial charge in [0.1, 0.15) is 5.75 Å². The van der Waals surface area contributed by atoms with Gasteiger partial charge in [-0.05, 0) is 44.0 Å². The number of phenols is 1. The minimum Gasteiger partial charge on any atom is -0.508 e. The largest absolute Gasteiger partial charge is 0.508 e. The Labute approximate surface area is 98.7 Å². The van der Waals surface area contributed by atoms with E-state index in [1.165, 1.54) is 24.8 Å². The van der Waals surface area contributed by atoms with E-state index in [2.05, 4.69) is 19.2 Å². The van der Waals surface area contributed by atoms with Gasteiger partial charge in [0.2, 0.25) is 0 Å². The molecule has 0 aliphatic heterocycles. The summed E-state index contributed by atoms with van der Waals surface area (Å²) in [6, 6.07) is 7.97. The van der Waals surface area contributed by atoms with Crippen molar-refractivity contribution in [1.29, 1.82) is 0 Å². The standard InChI is InChI=1S/C14H23NO/c1-3-4-5-10-15-12(2)11-13-6-8-14(16)9-7-13/h6-9,12,15-16H,3-5,10-11H2,1-2H3. The number of nitrogens with one attached hydrogen (secondary N) is 1. The van der Waals surface area contributed by atoms with Crippen LogP contribution in [0.5, 0.6) is 5.75 Å². The Bertz CT molecular complexity index is 281. The van der Waals surface area contributed by atoms with Gasteiger partial charge in [-0.2, -0.15) is 0 Å². The first kappa shape index (κ1) is 13.0. The molecule has 0 heterocycles. The van der Waals surface area contributed by atoms with E-state index in [1.807, 2.05) is 12.1 Å². The average Bonchev–Trinajstić information content (AvgIpc) is 2.28. The lowest BCUT2D eigenvalue weighted by molar-refractivity contribution is 0.474. The Hall–Kier alpha value is -1.02. The normalized spacial score (nSPS) is 12.6. The van der Waals surface area contributed by atoms with Crippen LogP contribution in [0.2, 0.25) is 0 Å². The van der Waals surface area contributed by atoms with Crippen molar-refractivity contribution in [3.05, 3.63) is 29.8 Å². The zero-order valence-electron chi connectivity index (χ0n) is 10.4. The average molecular weight is 221 g/mol. The van der Waals surface area contributed by atoms with Crippen molar-refractivity contribution in [2.24, 2.45) is 0 Å². The third kappa shape index (κ3) is 5.17. The van der Waals surface area contributed by atoms with E-state index in [-0.39, 0.29) is 0 Å². The fourth-order valence-corrected chi connectivity index (χ4v) is 1.78. The number of unbranched alkanes of at least 4 members (excludes halogenated alkanes) is 2. The molecule has 1 rings (SSSR count). The number of benzene rings is 1. The molecule has 0 amide bonds. The maximum absolute atomic E-state index is 9.18. The SMILES string of the molecule is CCCCCNC(C)Cc1ccc(O)cc1. The van der Waals surface area contributed by atoms with Gasteiger partial charge in [0.05, 0.1) is 0 Å². The van der Waals surface area contributed by atoms with E-state index in [9.17, 15) is 5.11 Å². The molecule has 0 fully saturated rings. The van der Waals surface area contributed by atoms with Crippen LogP contribution >= 0.6 is 0 Å². The summed E-state index contributed by atoms with van der Waals surface area (Å²) in [5.41, 5.74) is 1.27. The van der Waals surface area contributed by atoms with E-state index < -0.39 is 0 Å². The van der Waals surface area contributed by atoms with Gasteiger partial charge in [-0.3, -0.25) is 0 Å². The van der Waals surface area contributed by atoms with Crippen molar-refractivity contribution in [1.82, 2.24) is 5.32 Å². The Balaban J connectivity index is 2.23. The van der Waals surface area contributed by atoms with Gasteiger partial charge in [0.25, 0.3) is 0 Å². The summed E-state index contributed by atoms with van der Waals surface area (Å²) in [6.45, 7) is 5.53. The van der Waals surface area contributed by atoms with Crippen LogP contribution in [0.3, 0.4) is 0 Å². The molecule has 2 heteroatoms. The van der Waals surface area contributed by atoms with Gasteiger partial charge < -0.3 is 10.4 Å². The Morgan fingerprint density at radius 1 is 1.19 bits per heavy atom. The van der Waals surface area contributed by atoms with Crippen LogP contribution in [0.15, 0.2) is 24.3 Å². The van der Waals surface area contributed by atoms with Gasteiger partial charge in [0, 0.05) is 6.04 Å². The van der Waals surface area contributed by atoms with Gasteiger partial charge in [-0.25, -0.2) is 0 Å². The zero-order chi connectivity index (χ0) is 11.8. The Morgan fingerprint density at radius 2 is 1.88 bits per heavy atom. The van der Waals surface area contributed by atoms with E-state index in [4.69, 9.17) is 0 Å². The fourth-order valence-electron chi connectivity index (χ4n) is 1.78. The minimum atomic E-state index is 0.340. The molecule has 2 N–H and O–H groups in total. The first-order valence-corrected chi connectivity index (χ1v) is 6.23. The second-order valence-electron chi connectivity index (χ2n) is 4.43. The Morgan fingerprint density at radius 3 is 2.50 bits per heavy atom. The van der Waals surface area contributed by atoms with E-state index in [0.29, 0.717) is 11.8 Å². The smallest absolute Gasteiger partial charge is 0.115 e. The summed E-state index contributed by atoms with van der Waals surface area (Å²) in [5.74, 6) is 0.340. The summed E-state index contributed by atoms with van der Waals surface area (Å²) in [7, 11) is 0. The van der Waals surface area contributed by atoms with Crippen molar-refractivity contribution in [3.8, 4) is 5.75 Å². The van der Waals surface area contributed by atoms with Crippen molar-refractivity contribution in [3.63, 3.8) is 0 Å². The van der Waals surface area contributed by atoms with Crippen molar-refractivity contribution in [2.45, 2.75) is 45.6 Å². The second-order valence-corrected chi connectivity index (χ2v) is 4.43. The Kier molecular flexibility index (Phi) is 5.94. The minimum absolute atomic E-state index is 0.340. The van der Waals surface area contributed by atoms with Crippen molar-refractivity contribution < 1.29 is 5.11 Å². The number of phenolic OH excluding ortho intramolecular Hbond substituents is 1. The lowest BCUT2D eigenvalue weighted by Gasteiger charge is -2.13. The molecule has 0 saturated carbocycles. The van der Waals surface area contributed by atoms with E-state index in [0.717, 1.165) is 13.0 Å². The van der Waals surface area contributed by atoms with Crippen LogP contribution in [0.4, 0.5) is 0 Å². The monoisotopic (exact) mass is 221 g/mol. The third-order valence-electron chi connectivity index (χ3n) is 2.75. The van der Waals surface area contributed by atoms with Crippen LogP contribution in [-0.2, 0) is 6.42 Å². The molecule has 90 valence electrons. The first-order chi connectivity index (χ1) is 7.72. The quantitative estimate of drug-likeness (QED) is 0.693. The van der Waals surface area contributed by atoms with Crippen LogP contribution in [0, 0.1) is 0 Å². The molecule has 0 aromatic heterocycles. The maximum atomic E-state index is 9.18. The van der Waals surface area contributed by atoms with Crippen LogP contribution in [0.1, 0.15) is 38.7 Å². The summed E-state index contributed by atoms with van der Waals surface area (Å²) in [4.78, 5) is 0. The molecule has 2 nitrogen and oxygen atoms in total. The summed E-state index contributed by atoms with van der Waals surface area (Å²) in [6.07, 6.45) is 4.86. The second kappa shape index (κ2) is 7.29. The lowest BCUT2D eigenvalue weighted by Crippen LogP contribution is -2.28. The summed E-state index contributed by atoms with van der Waals surface area (Å²) >= 11 is 0. The predicted molar refractivity (Wildman–Crippen MR) is 68.8 cm³/mol. The molecule has 0 aliphatic carbocycles. The van der Waals surface area contributed by atoms with Gasteiger partial charge >= 0.3 is 0 Å². The molecule has 0 spiro atoms. The number of rotatable bonds is 7. The molecule has 16 heavy (non-hydrogen) atoms. The predicted octanol–water partition coefficient (Wildman–Crippen LogP) is 3.10. The number of hydrogen-bond donors (Lipinski definition) is 2. The highest BCUT2D eigenvalue weighted by atomic mass is 16.3.